The minimum absolute atomic E-state index is 0.0237. The molecule has 0 spiro atoms. The van der Waals surface area contributed by atoms with Crippen LogP contribution < -0.4 is 0 Å². The van der Waals surface area contributed by atoms with Gasteiger partial charge in [-0.3, -0.25) is 4.79 Å². The summed E-state index contributed by atoms with van der Waals surface area (Å²) >= 11 is 1.56. The van der Waals surface area contributed by atoms with Crippen LogP contribution in [0.1, 0.15) is 21.5 Å². The van der Waals surface area contributed by atoms with E-state index in [2.05, 4.69) is 0 Å². The third-order valence-corrected chi connectivity index (χ3v) is 3.40. The van der Waals surface area contributed by atoms with Crippen molar-refractivity contribution in [1.29, 1.82) is 0 Å². The summed E-state index contributed by atoms with van der Waals surface area (Å²) in [6.07, 6.45) is 0.868. The van der Waals surface area contributed by atoms with Gasteiger partial charge in [-0.2, -0.15) is 0 Å². The van der Waals surface area contributed by atoms with Gasteiger partial charge in [0, 0.05) is 21.0 Å². The summed E-state index contributed by atoms with van der Waals surface area (Å²) in [5.41, 5.74) is 2.62. The summed E-state index contributed by atoms with van der Waals surface area (Å²) in [5.74, 6) is 0. The van der Waals surface area contributed by atoms with Gasteiger partial charge >= 0.3 is 0 Å². The van der Waals surface area contributed by atoms with Crippen LogP contribution in [0.25, 0.3) is 10.1 Å². The normalized spacial score (nSPS) is 10.7. The maximum Gasteiger partial charge on any atom is 0.151 e. The van der Waals surface area contributed by atoms with E-state index >= 15 is 0 Å². The van der Waals surface area contributed by atoms with Crippen molar-refractivity contribution < 1.29 is 9.90 Å². The number of hydrogen-bond acceptors (Lipinski definition) is 3. The quantitative estimate of drug-likeness (QED) is 0.766. The van der Waals surface area contributed by atoms with Crippen LogP contribution in [0.2, 0.25) is 0 Å². The first-order valence-corrected chi connectivity index (χ1v) is 5.21. The number of rotatable bonds is 2. The summed E-state index contributed by atoms with van der Waals surface area (Å²) in [5, 5.41) is 11.9. The number of aliphatic hydroxyl groups is 1. The van der Waals surface area contributed by atoms with E-state index in [9.17, 15) is 4.79 Å². The lowest BCUT2D eigenvalue weighted by molar-refractivity contribution is 0.112. The second kappa shape index (κ2) is 3.52. The lowest BCUT2D eigenvalue weighted by Gasteiger charge is -2.03. The Morgan fingerprint density at radius 2 is 2.29 bits per heavy atom. The van der Waals surface area contributed by atoms with Gasteiger partial charge < -0.3 is 5.11 Å². The van der Waals surface area contributed by atoms with E-state index in [0.717, 1.165) is 33.1 Å². The Balaban J connectivity index is 2.83. The zero-order valence-electron chi connectivity index (χ0n) is 7.78. The molecule has 0 saturated heterocycles. The molecule has 3 heteroatoms. The smallest absolute Gasteiger partial charge is 0.151 e. The summed E-state index contributed by atoms with van der Waals surface area (Å²) in [4.78, 5) is 10.8. The highest BCUT2D eigenvalue weighted by Crippen LogP contribution is 2.29. The maximum absolute atomic E-state index is 10.8. The molecule has 0 aliphatic heterocycles. The lowest BCUT2D eigenvalue weighted by atomic mass is 10.0. The Labute approximate surface area is 85.8 Å². The van der Waals surface area contributed by atoms with Crippen molar-refractivity contribution in [2.45, 2.75) is 13.5 Å². The number of carbonyl (C=O) groups is 1. The van der Waals surface area contributed by atoms with E-state index in [1.165, 1.54) is 0 Å². The SMILES string of the molecule is Cc1c(CO)ccc2scc(C=O)c12. The Morgan fingerprint density at radius 3 is 2.93 bits per heavy atom. The van der Waals surface area contributed by atoms with Crippen molar-refractivity contribution >= 4 is 27.7 Å². The molecule has 14 heavy (non-hydrogen) atoms. The second-order valence-electron chi connectivity index (χ2n) is 3.19. The molecule has 0 amide bonds. The van der Waals surface area contributed by atoms with Gasteiger partial charge in [-0.1, -0.05) is 6.07 Å². The van der Waals surface area contributed by atoms with Crippen LogP contribution in [0.5, 0.6) is 0 Å². The molecule has 0 radical (unpaired) electrons. The van der Waals surface area contributed by atoms with Crippen molar-refractivity contribution in [1.82, 2.24) is 0 Å². The van der Waals surface area contributed by atoms with Crippen LogP contribution in [0.15, 0.2) is 17.5 Å². The van der Waals surface area contributed by atoms with E-state index < -0.39 is 0 Å². The molecule has 0 fully saturated rings. The van der Waals surface area contributed by atoms with Crippen LogP contribution in [0, 0.1) is 6.92 Å². The first-order valence-electron chi connectivity index (χ1n) is 4.33. The molecule has 1 heterocycles. The average molecular weight is 206 g/mol. The van der Waals surface area contributed by atoms with E-state index in [0.29, 0.717) is 0 Å². The summed E-state index contributed by atoms with van der Waals surface area (Å²) in [6.45, 7) is 1.96. The third-order valence-electron chi connectivity index (χ3n) is 2.44. The summed E-state index contributed by atoms with van der Waals surface area (Å²) in [7, 11) is 0. The molecule has 0 aliphatic carbocycles. The standard InChI is InChI=1S/C11H10O2S/c1-7-8(4-12)2-3-10-11(7)9(5-13)6-14-10/h2-3,5-6,12H,4H2,1H3. The number of aryl methyl sites for hydroxylation is 1. The second-order valence-corrected chi connectivity index (χ2v) is 4.10. The van der Waals surface area contributed by atoms with Crippen LogP contribution in [0.3, 0.4) is 0 Å². The minimum Gasteiger partial charge on any atom is -0.392 e. The Hall–Kier alpha value is -1.19. The third kappa shape index (κ3) is 1.25. The molecular weight excluding hydrogens is 196 g/mol. The topological polar surface area (TPSA) is 37.3 Å². The van der Waals surface area contributed by atoms with E-state index in [1.54, 1.807) is 11.3 Å². The highest BCUT2D eigenvalue weighted by Gasteiger charge is 2.08. The minimum atomic E-state index is 0.0237. The highest BCUT2D eigenvalue weighted by atomic mass is 32.1. The van der Waals surface area contributed by atoms with Gasteiger partial charge in [0.2, 0.25) is 0 Å². The molecular formula is C11H10O2S. The highest BCUT2D eigenvalue weighted by molar-refractivity contribution is 7.17. The number of aliphatic hydroxyl groups excluding tert-OH is 1. The fraction of sp³-hybridized carbons (Fsp3) is 0.182. The van der Waals surface area contributed by atoms with Crippen LogP contribution >= 0.6 is 11.3 Å². The van der Waals surface area contributed by atoms with Crippen molar-refractivity contribution in [2.24, 2.45) is 0 Å². The molecule has 2 nitrogen and oxygen atoms in total. The summed E-state index contributed by atoms with van der Waals surface area (Å²) in [6, 6.07) is 3.86. The molecule has 1 aromatic heterocycles. The van der Waals surface area contributed by atoms with Gasteiger partial charge in [-0.05, 0) is 24.1 Å². The predicted molar refractivity (Wildman–Crippen MR) is 57.9 cm³/mol. The number of thiophene rings is 1. The molecule has 1 N–H and O–H groups in total. The number of fused-ring (bicyclic) bond motifs is 1. The van der Waals surface area contributed by atoms with Crippen LogP contribution in [-0.4, -0.2) is 11.4 Å². The number of benzene rings is 1. The van der Waals surface area contributed by atoms with Gasteiger partial charge in [-0.15, -0.1) is 11.3 Å². The van der Waals surface area contributed by atoms with E-state index in [4.69, 9.17) is 5.11 Å². The van der Waals surface area contributed by atoms with Gasteiger partial charge in [0.05, 0.1) is 6.61 Å². The molecule has 0 atom stereocenters. The van der Waals surface area contributed by atoms with Crippen molar-refractivity contribution in [3.8, 4) is 0 Å². The fourth-order valence-electron chi connectivity index (χ4n) is 1.63. The number of aldehydes is 1. The molecule has 1 aromatic carbocycles. The van der Waals surface area contributed by atoms with Crippen molar-refractivity contribution in [3.63, 3.8) is 0 Å². The van der Waals surface area contributed by atoms with Crippen LogP contribution in [0.4, 0.5) is 0 Å². The fourth-order valence-corrected chi connectivity index (χ4v) is 2.59. The first-order chi connectivity index (χ1) is 6.77. The Morgan fingerprint density at radius 1 is 1.50 bits per heavy atom. The lowest BCUT2D eigenvalue weighted by Crippen LogP contribution is -1.89. The Bertz CT molecular complexity index is 485. The molecule has 0 unspecified atom stereocenters. The largest absolute Gasteiger partial charge is 0.392 e. The van der Waals surface area contributed by atoms with Crippen LogP contribution in [-0.2, 0) is 6.61 Å². The summed E-state index contributed by atoms with van der Waals surface area (Å²) < 4.78 is 1.10. The monoisotopic (exact) mass is 206 g/mol. The number of carbonyl (C=O) groups excluding carboxylic acids is 1. The van der Waals surface area contributed by atoms with E-state index in [1.807, 2.05) is 24.4 Å². The zero-order valence-corrected chi connectivity index (χ0v) is 8.60. The molecule has 2 rings (SSSR count). The van der Waals surface area contributed by atoms with Crippen molar-refractivity contribution in [2.75, 3.05) is 0 Å². The molecule has 0 bridgehead atoms. The predicted octanol–water partition coefficient (Wildman–Crippen LogP) is 2.51. The zero-order chi connectivity index (χ0) is 10.1. The average Bonchev–Trinajstić information content (AvgIpc) is 2.62. The maximum atomic E-state index is 10.8. The first kappa shape index (κ1) is 9.37. The van der Waals surface area contributed by atoms with Gasteiger partial charge in [0.15, 0.2) is 6.29 Å². The van der Waals surface area contributed by atoms with Gasteiger partial charge in [0.1, 0.15) is 0 Å². The molecule has 2 aromatic rings. The molecule has 0 aliphatic rings. The van der Waals surface area contributed by atoms with Gasteiger partial charge in [0.25, 0.3) is 0 Å². The number of hydrogen-bond donors (Lipinski definition) is 1. The molecule has 72 valence electrons. The van der Waals surface area contributed by atoms with Gasteiger partial charge in [-0.25, -0.2) is 0 Å². The van der Waals surface area contributed by atoms with E-state index in [-0.39, 0.29) is 6.61 Å². The Kier molecular flexibility index (Phi) is 2.35. The van der Waals surface area contributed by atoms with Crippen molar-refractivity contribution in [3.05, 3.63) is 34.2 Å². The molecule has 0 saturated carbocycles.